The van der Waals surface area contributed by atoms with Crippen LogP contribution in [0.5, 0.6) is 11.5 Å². The molecule has 4 fully saturated rings. The van der Waals surface area contributed by atoms with Gasteiger partial charge in [0.25, 0.3) is 15.9 Å². The molecule has 4 N–H and O–H groups in total. The molecule has 5 heterocycles. The first kappa shape index (κ1) is 47.4. The van der Waals surface area contributed by atoms with E-state index < -0.39 is 37.0 Å². The molecule has 2 saturated heterocycles. The second kappa shape index (κ2) is 19.1. The van der Waals surface area contributed by atoms with Crippen molar-refractivity contribution in [2.24, 2.45) is 11.3 Å². The van der Waals surface area contributed by atoms with E-state index in [1.165, 1.54) is 30.2 Å². The standard InChI is InChI=1S/C51H65N9O7S/c1-33(2)41-8-6-7-9-42(41)45-32-58(34(3)4)22-23-59(45)38-27-51(28-38)17-20-57(21-18-51)37-10-11-43(46(25-37)67-39-24-36-14-19-52-47(36)54-30-39)49(61)56-68(65,66)40-26-44(60(63)64)48(55-31-40)53-29-35-12-15-50(5,62)16-13-35/h6-11,14,19,24-26,30-31,33-35,38,45,62H,12-13,15-18,20-23,27-29,32H2,1-5H3,(H,52,54)(H,53,55)(H,56,61)/t35?,45-,50?/m0/s1. The van der Waals surface area contributed by atoms with Crippen LogP contribution in [-0.4, -0.2) is 106 Å². The topological polar surface area (TPSA) is 199 Å². The summed E-state index contributed by atoms with van der Waals surface area (Å²) in [4.78, 5) is 44.3. The van der Waals surface area contributed by atoms with Gasteiger partial charge >= 0.3 is 5.69 Å². The third-order valence-electron chi connectivity index (χ3n) is 15.3. The molecule has 68 heavy (non-hydrogen) atoms. The van der Waals surface area contributed by atoms with Gasteiger partial charge in [-0.1, -0.05) is 38.1 Å². The smallest absolute Gasteiger partial charge is 0.312 e. The predicted molar refractivity (Wildman–Crippen MR) is 263 cm³/mol. The molecule has 3 aromatic heterocycles. The first-order chi connectivity index (χ1) is 32.5. The zero-order chi connectivity index (χ0) is 48.0. The highest BCUT2D eigenvalue weighted by Crippen LogP contribution is 2.53. The lowest BCUT2D eigenvalue weighted by atomic mass is 9.59. The summed E-state index contributed by atoms with van der Waals surface area (Å²) in [6.45, 7) is 16.2. The number of rotatable bonds is 14. The Bertz CT molecular complexity index is 2750. The molecule has 9 rings (SSSR count). The minimum Gasteiger partial charge on any atom is -0.455 e. The number of aliphatic hydroxyl groups is 1. The first-order valence-corrected chi connectivity index (χ1v) is 25.7. The molecule has 5 aromatic rings. The molecule has 17 heteroatoms. The number of hydrogen-bond acceptors (Lipinski definition) is 13. The van der Waals surface area contributed by atoms with Crippen LogP contribution in [0.4, 0.5) is 17.2 Å². The molecule has 16 nitrogen and oxygen atoms in total. The largest absolute Gasteiger partial charge is 0.455 e. The van der Waals surface area contributed by atoms with Gasteiger partial charge in [-0.05, 0) is 125 Å². The van der Waals surface area contributed by atoms with Crippen LogP contribution >= 0.6 is 0 Å². The summed E-state index contributed by atoms with van der Waals surface area (Å²) in [5.74, 6) is 0.0660. The van der Waals surface area contributed by atoms with Gasteiger partial charge in [0.15, 0.2) is 0 Å². The Labute approximate surface area is 399 Å². The highest BCUT2D eigenvalue weighted by molar-refractivity contribution is 7.90. The number of aromatic nitrogens is 3. The van der Waals surface area contributed by atoms with Crippen molar-refractivity contribution in [2.45, 2.75) is 121 Å². The summed E-state index contributed by atoms with van der Waals surface area (Å²) >= 11 is 0. The molecule has 0 radical (unpaired) electrons. The molecule has 0 unspecified atom stereocenters. The van der Waals surface area contributed by atoms with Gasteiger partial charge in [0.05, 0.1) is 28.5 Å². The lowest BCUT2D eigenvalue weighted by Crippen LogP contribution is -2.60. The third kappa shape index (κ3) is 10.1. The van der Waals surface area contributed by atoms with E-state index >= 15 is 0 Å². The molecule has 4 aliphatic rings. The maximum absolute atomic E-state index is 14.0. The van der Waals surface area contributed by atoms with Crippen molar-refractivity contribution in [3.05, 3.63) is 106 Å². The number of pyridine rings is 2. The number of H-pyrrole nitrogens is 1. The monoisotopic (exact) mass is 947 g/mol. The van der Waals surface area contributed by atoms with Gasteiger partial charge in [0.1, 0.15) is 22.0 Å². The molecule has 2 aliphatic heterocycles. The number of piperidine rings is 1. The number of piperazine rings is 1. The first-order valence-electron chi connectivity index (χ1n) is 24.2. The number of aromatic amines is 1. The molecular formula is C51H65N9O7S. The predicted octanol–water partition coefficient (Wildman–Crippen LogP) is 8.77. The van der Waals surface area contributed by atoms with Crippen LogP contribution in [0.25, 0.3) is 11.0 Å². The third-order valence-corrected chi connectivity index (χ3v) is 16.6. The number of anilines is 2. The second-order valence-corrected chi connectivity index (χ2v) is 22.3. The maximum Gasteiger partial charge on any atom is 0.312 e. The number of nitrogens with one attached hydrogen (secondary N) is 3. The molecule has 362 valence electrons. The van der Waals surface area contributed by atoms with E-state index in [2.05, 4.69) is 91.7 Å². The normalized spacial score (nSPS) is 22.7. The van der Waals surface area contributed by atoms with Crippen molar-refractivity contribution in [1.29, 1.82) is 0 Å². The number of nitro groups is 1. The van der Waals surface area contributed by atoms with E-state index in [0.717, 1.165) is 81.7 Å². The van der Waals surface area contributed by atoms with E-state index in [1.807, 2.05) is 12.1 Å². The van der Waals surface area contributed by atoms with E-state index in [0.29, 0.717) is 54.8 Å². The van der Waals surface area contributed by atoms with Gasteiger partial charge in [0.2, 0.25) is 5.82 Å². The maximum atomic E-state index is 14.0. The van der Waals surface area contributed by atoms with Crippen molar-refractivity contribution in [3.63, 3.8) is 0 Å². The quantitative estimate of drug-likeness (QED) is 0.0609. The number of carbonyl (C=O) groups excluding carboxylic acids is 1. The highest BCUT2D eigenvalue weighted by Gasteiger charge is 2.50. The molecule has 2 saturated carbocycles. The summed E-state index contributed by atoms with van der Waals surface area (Å²) in [5.41, 5.74) is 3.38. The number of benzene rings is 2. The Hall–Kier alpha value is -5.62. The van der Waals surface area contributed by atoms with Crippen molar-refractivity contribution in [2.75, 3.05) is 49.5 Å². The summed E-state index contributed by atoms with van der Waals surface area (Å²) in [7, 11) is -4.64. The van der Waals surface area contributed by atoms with Crippen LogP contribution in [0.1, 0.15) is 119 Å². The molecule has 1 atom stereocenters. The number of carbonyl (C=O) groups is 1. The SMILES string of the molecule is CC(C)c1ccccc1[C@@H]1CN(C(C)C)CCN1C1CC2(CCN(c3ccc(C(=O)NS(=O)(=O)c4cnc(NCC5CCC(C)(O)CC5)c([N+](=O)[O-])c4)c(Oc4cnc5[nH]ccc5c4)c3)CC2)C1. The fourth-order valence-electron chi connectivity index (χ4n) is 11.1. The van der Waals surface area contributed by atoms with E-state index in [1.54, 1.807) is 31.3 Å². The fraction of sp³-hybridized carbons (Fsp3) is 0.510. The summed E-state index contributed by atoms with van der Waals surface area (Å²) in [6, 6.07) is 20.1. The van der Waals surface area contributed by atoms with Gasteiger partial charge in [-0.25, -0.2) is 23.1 Å². The Morgan fingerprint density at radius 2 is 1.72 bits per heavy atom. The lowest BCUT2D eigenvalue weighted by Gasteiger charge is -2.58. The van der Waals surface area contributed by atoms with Crippen molar-refractivity contribution in [1.82, 2.24) is 29.5 Å². The molecule has 1 spiro atoms. The Kier molecular flexibility index (Phi) is 13.3. The van der Waals surface area contributed by atoms with Gasteiger partial charge in [-0.15, -0.1) is 0 Å². The number of amides is 1. The average Bonchev–Trinajstić information content (AvgIpc) is 3.78. The van der Waals surface area contributed by atoms with E-state index in [9.17, 15) is 28.4 Å². The number of sulfonamides is 1. The number of hydrogen-bond donors (Lipinski definition) is 4. The Morgan fingerprint density at radius 3 is 2.44 bits per heavy atom. The van der Waals surface area contributed by atoms with Crippen molar-refractivity contribution >= 4 is 44.2 Å². The van der Waals surface area contributed by atoms with Crippen LogP contribution in [0.15, 0.2) is 84.1 Å². The zero-order valence-corrected chi connectivity index (χ0v) is 40.6. The van der Waals surface area contributed by atoms with Crippen molar-refractivity contribution < 1.29 is 28.0 Å². The number of fused-ring (bicyclic) bond motifs is 1. The van der Waals surface area contributed by atoms with Crippen LogP contribution in [0, 0.1) is 21.4 Å². The highest BCUT2D eigenvalue weighted by atomic mass is 32.2. The molecule has 2 aliphatic carbocycles. The van der Waals surface area contributed by atoms with E-state index in [-0.39, 0.29) is 28.5 Å². The fourth-order valence-corrected chi connectivity index (χ4v) is 12.0. The molecule has 0 bridgehead atoms. The lowest BCUT2D eigenvalue weighted by molar-refractivity contribution is -0.384. The second-order valence-electron chi connectivity index (χ2n) is 20.6. The Morgan fingerprint density at radius 1 is 0.971 bits per heavy atom. The minimum atomic E-state index is -4.64. The molecule has 1 amide bonds. The number of nitrogens with zero attached hydrogens (tertiary/aromatic N) is 6. The minimum absolute atomic E-state index is 0.0415. The Balaban J connectivity index is 0.900. The van der Waals surface area contributed by atoms with Crippen LogP contribution < -0.4 is 19.7 Å². The van der Waals surface area contributed by atoms with Crippen molar-refractivity contribution in [3.8, 4) is 11.5 Å². The summed E-state index contributed by atoms with van der Waals surface area (Å²) in [5, 5.41) is 26.3. The van der Waals surface area contributed by atoms with Crippen LogP contribution in [0.2, 0.25) is 0 Å². The van der Waals surface area contributed by atoms with Gasteiger partial charge in [-0.2, -0.15) is 0 Å². The van der Waals surface area contributed by atoms with Gasteiger partial charge in [0, 0.05) is 86.8 Å². The van der Waals surface area contributed by atoms with E-state index in [4.69, 9.17) is 4.74 Å². The summed E-state index contributed by atoms with van der Waals surface area (Å²) in [6.07, 6.45) is 11.4. The number of ether oxygens (including phenoxy) is 1. The summed E-state index contributed by atoms with van der Waals surface area (Å²) < 4.78 is 36.0. The average molecular weight is 948 g/mol. The van der Waals surface area contributed by atoms with Crippen LogP contribution in [0.3, 0.4) is 0 Å². The molecular weight excluding hydrogens is 883 g/mol. The van der Waals surface area contributed by atoms with Gasteiger partial charge in [-0.3, -0.25) is 24.7 Å². The van der Waals surface area contributed by atoms with Crippen LogP contribution in [-0.2, 0) is 10.0 Å². The zero-order valence-electron chi connectivity index (χ0n) is 39.8. The molecule has 2 aromatic carbocycles. The van der Waals surface area contributed by atoms with Gasteiger partial charge < -0.3 is 25.0 Å².